The van der Waals surface area contributed by atoms with E-state index in [4.69, 9.17) is 11.6 Å². The fourth-order valence-electron chi connectivity index (χ4n) is 2.89. The maximum Gasteiger partial charge on any atom is 0.259 e. The number of hydrogen-bond donors (Lipinski definition) is 2. The highest BCUT2D eigenvalue weighted by Crippen LogP contribution is 2.23. The van der Waals surface area contributed by atoms with Gasteiger partial charge in [-0.25, -0.2) is 4.98 Å². The van der Waals surface area contributed by atoms with Crippen LogP contribution in [0.15, 0.2) is 72.9 Å². The maximum atomic E-state index is 12.8. The van der Waals surface area contributed by atoms with Gasteiger partial charge < -0.3 is 5.32 Å². The summed E-state index contributed by atoms with van der Waals surface area (Å²) in [6, 6.07) is 18.8. The summed E-state index contributed by atoms with van der Waals surface area (Å²) in [5.74, 6) is 0.0928. The van der Waals surface area contributed by atoms with Gasteiger partial charge in [-0.15, -0.1) is 0 Å². The van der Waals surface area contributed by atoms with Crippen molar-refractivity contribution in [3.63, 3.8) is 0 Å². The van der Waals surface area contributed by atoms with Crippen LogP contribution < -0.4 is 10.6 Å². The van der Waals surface area contributed by atoms with Crippen LogP contribution in [-0.4, -0.2) is 31.8 Å². The number of hydrogen-bond acceptors (Lipinski definition) is 6. The van der Waals surface area contributed by atoms with Crippen molar-refractivity contribution >= 4 is 35.1 Å². The van der Waals surface area contributed by atoms with Gasteiger partial charge >= 0.3 is 0 Å². The van der Waals surface area contributed by atoms with Crippen molar-refractivity contribution in [2.45, 2.75) is 6.92 Å². The molecule has 9 heteroatoms. The lowest BCUT2D eigenvalue weighted by Crippen LogP contribution is -2.16. The Kier molecular flexibility index (Phi) is 6.14. The first-order chi connectivity index (χ1) is 15.5. The molecule has 4 aromatic rings. The number of carbonyl (C=O) groups excluding carboxylic acids is 2. The van der Waals surface area contributed by atoms with E-state index < -0.39 is 5.91 Å². The minimum Gasteiger partial charge on any atom is -0.322 e. The van der Waals surface area contributed by atoms with Crippen molar-refractivity contribution in [3.8, 4) is 11.5 Å². The lowest BCUT2D eigenvalue weighted by Gasteiger charge is -2.10. The molecule has 0 aliphatic heterocycles. The van der Waals surface area contributed by atoms with Crippen LogP contribution in [0.5, 0.6) is 0 Å². The van der Waals surface area contributed by atoms with Gasteiger partial charge in [0.1, 0.15) is 11.5 Å². The summed E-state index contributed by atoms with van der Waals surface area (Å²) in [4.78, 5) is 42.0. The van der Waals surface area contributed by atoms with Crippen molar-refractivity contribution in [1.29, 1.82) is 0 Å². The third-order valence-electron chi connectivity index (χ3n) is 4.37. The molecule has 0 atom stereocenters. The Morgan fingerprint density at radius 1 is 0.844 bits per heavy atom. The quantitative estimate of drug-likeness (QED) is 0.472. The monoisotopic (exact) mass is 444 g/mol. The number of benzene rings is 2. The molecule has 2 heterocycles. The molecule has 0 unspecified atom stereocenters. The SMILES string of the molecule is Cc1nc(NC(=O)c2ccc(NC(=O)c3ccccc3)cc2Cl)nc(-c2ccccn2)n1. The van der Waals surface area contributed by atoms with Crippen LogP contribution in [0, 0.1) is 6.92 Å². The number of nitrogens with one attached hydrogen (secondary N) is 2. The van der Waals surface area contributed by atoms with Crippen LogP contribution in [0.25, 0.3) is 11.5 Å². The number of nitrogens with zero attached hydrogens (tertiary/aromatic N) is 4. The van der Waals surface area contributed by atoms with E-state index in [2.05, 4.69) is 30.6 Å². The average Bonchev–Trinajstić information content (AvgIpc) is 2.80. The minimum atomic E-state index is -0.492. The molecule has 0 aliphatic rings. The molecule has 32 heavy (non-hydrogen) atoms. The molecular formula is C23H17ClN6O2. The predicted octanol–water partition coefficient (Wildman–Crippen LogP) is 4.40. The second-order valence-corrected chi connectivity index (χ2v) is 7.12. The highest BCUT2D eigenvalue weighted by molar-refractivity contribution is 6.34. The molecule has 0 saturated carbocycles. The van der Waals surface area contributed by atoms with Crippen molar-refractivity contribution in [2.24, 2.45) is 0 Å². The molecule has 0 aliphatic carbocycles. The molecule has 2 amide bonds. The van der Waals surface area contributed by atoms with Crippen molar-refractivity contribution in [3.05, 3.63) is 94.9 Å². The van der Waals surface area contributed by atoms with Gasteiger partial charge in [0.25, 0.3) is 11.8 Å². The molecule has 158 valence electrons. The van der Waals surface area contributed by atoms with Crippen molar-refractivity contribution in [2.75, 3.05) is 10.6 Å². The molecule has 8 nitrogen and oxygen atoms in total. The molecule has 2 aromatic carbocycles. The van der Waals surface area contributed by atoms with E-state index in [1.165, 1.54) is 12.1 Å². The zero-order valence-corrected chi connectivity index (χ0v) is 17.7. The number of aromatic nitrogens is 4. The van der Waals surface area contributed by atoms with Crippen LogP contribution in [0.2, 0.25) is 5.02 Å². The number of anilines is 2. The first kappa shape index (κ1) is 21.1. The predicted molar refractivity (Wildman–Crippen MR) is 122 cm³/mol. The Morgan fingerprint density at radius 2 is 1.62 bits per heavy atom. The Bertz CT molecular complexity index is 1280. The summed E-state index contributed by atoms with van der Waals surface area (Å²) in [5, 5.41) is 5.56. The molecule has 0 bridgehead atoms. The zero-order chi connectivity index (χ0) is 22.5. The van der Waals surface area contributed by atoms with Crippen molar-refractivity contribution in [1.82, 2.24) is 19.9 Å². The molecular weight excluding hydrogens is 428 g/mol. The largest absolute Gasteiger partial charge is 0.322 e. The molecule has 0 fully saturated rings. The molecule has 2 N–H and O–H groups in total. The lowest BCUT2D eigenvalue weighted by atomic mass is 10.1. The fourth-order valence-corrected chi connectivity index (χ4v) is 3.15. The molecule has 0 saturated heterocycles. The Labute approximate surface area is 188 Å². The number of carbonyl (C=O) groups is 2. The van der Waals surface area contributed by atoms with Crippen LogP contribution >= 0.6 is 11.6 Å². The number of amides is 2. The summed E-state index contributed by atoms with van der Waals surface area (Å²) in [5.41, 5.74) is 1.75. The normalized spacial score (nSPS) is 10.4. The first-order valence-electron chi connectivity index (χ1n) is 9.61. The van der Waals surface area contributed by atoms with Gasteiger partial charge in [0.2, 0.25) is 5.95 Å². The van der Waals surface area contributed by atoms with Gasteiger partial charge in [-0.3, -0.25) is 19.9 Å². The molecule has 0 spiro atoms. The fraction of sp³-hybridized carbons (Fsp3) is 0.0435. The van der Waals surface area contributed by atoms with E-state index in [1.807, 2.05) is 12.1 Å². The summed E-state index contributed by atoms with van der Waals surface area (Å²) in [7, 11) is 0. The highest BCUT2D eigenvalue weighted by atomic mass is 35.5. The maximum absolute atomic E-state index is 12.8. The Balaban J connectivity index is 1.50. The van der Waals surface area contributed by atoms with E-state index in [-0.39, 0.29) is 22.4 Å². The third kappa shape index (κ3) is 4.93. The smallest absolute Gasteiger partial charge is 0.259 e. The lowest BCUT2D eigenvalue weighted by molar-refractivity contribution is 0.101. The number of rotatable bonds is 5. The Hall–Kier alpha value is -4.17. The zero-order valence-electron chi connectivity index (χ0n) is 16.9. The first-order valence-corrected chi connectivity index (χ1v) is 9.99. The van der Waals surface area contributed by atoms with Crippen LogP contribution in [0.1, 0.15) is 26.5 Å². The molecule has 4 rings (SSSR count). The second kappa shape index (κ2) is 9.32. The summed E-state index contributed by atoms with van der Waals surface area (Å²) >= 11 is 6.30. The topological polar surface area (TPSA) is 110 Å². The standard InChI is InChI=1S/C23H17ClN6O2/c1-14-26-20(19-9-5-6-12-25-19)29-23(27-14)30-22(32)17-11-10-16(13-18(17)24)28-21(31)15-7-3-2-4-8-15/h2-13H,1H3,(H,28,31)(H,26,27,29,30,32). The number of pyridine rings is 1. The van der Waals surface area contributed by atoms with Gasteiger partial charge in [0.05, 0.1) is 10.6 Å². The Morgan fingerprint density at radius 3 is 2.34 bits per heavy atom. The van der Waals surface area contributed by atoms with E-state index in [0.717, 1.165) is 0 Å². The summed E-state index contributed by atoms with van der Waals surface area (Å²) < 4.78 is 0. The van der Waals surface area contributed by atoms with Gasteiger partial charge in [-0.05, 0) is 49.4 Å². The molecule has 0 radical (unpaired) electrons. The van der Waals surface area contributed by atoms with Gasteiger partial charge in [0, 0.05) is 17.4 Å². The average molecular weight is 445 g/mol. The van der Waals surface area contributed by atoms with Crippen LogP contribution in [-0.2, 0) is 0 Å². The van der Waals surface area contributed by atoms with E-state index in [1.54, 1.807) is 55.6 Å². The van der Waals surface area contributed by atoms with Gasteiger partial charge in [-0.2, -0.15) is 9.97 Å². The highest BCUT2D eigenvalue weighted by Gasteiger charge is 2.15. The van der Waals surface area contributed by atoms with Crippen LogP contribution in [0.3, 0.4) is 0 Å². The van der Waals surface area contributed by atoms with Crippen LogP contribution in [0.4, 0.5) is 11.6 Å². The number of halogens is 1. The van der Waals surface area contributed by atoms with E-state index in [0.29, 0.717) is 28.6 Å². The minimum absolute atomic E-state index is 0.0840. The van der Waals surface area contributed by atoms with E-state index in [9.17, 15) is 9.59 Å². The van der Waals surface area contributed by atoms with E-state index >= 15 is 0 Å². The third-order valence-corrected chi connectivity index (χ3v) is 4.69. The molecule has 2 aromatic heterocycles. The number of aryl methyl sites for hydroxylation is 1. The summed E-state index contributed by atoms with van der Waals surface area (Å²) in [6.45, 7) is 1.70. The van der Waals surface area contributed by atoms with Gasteiger partial charge in [0.15, 0.2) is 5.82 Å². The summed E-state index contributed by atoms with van der Waals surface area (Å²) in [6.07, 6.45) is 1.63. The van der Waals surface area contributed by atoms with Gasteiger partial charge in [-0.1, -0.05) is 35.9 Å². The second-order valence-electron chi connectivity index (χ2n) is 6.71. The van der Waals surface area contributed by atoms with Crippen molar-refractivity contribution < 1.29 is 9.59 Å².